The van der Waals surface area contributed by atoms with Crippen LogP contribution in [0.4, 0.5) is 0 Å². The van der Waals surface area contributed by atoms with Crippen LogP contribution in [0.5, 0.6) is 0 Å². The minimum atomic E-state index is 0.320. The largest absolute Gasteiger partial charge is 0.314 e. The van der Waals surface area contributed by atoms with E-state index in [-0.39, 0.29) is 0 Å². The van der Waals surface area contributed by atoms with Gasteiger partial charge in [-0.05, 0) is 33.7 Å². The van der Waals surface area contributed by atoms with Crippen molar-refractivity contribution in [3.63, 3.8) is 0 Å². The van der Waals surface area contributed by atoms with Gasteiger partial charge in [-0.3, -0.25) is 0 Å². The van der Waals surface area contributed by atoms with E-state index in [4.69, 9.17) is 3.07 Å². The lowest BCUT2D eigenvalue weighted by atomic mass is 9.99. The number of hydrogen-bond acceptors (Lipinski definition) is 2. The molecule has 2 nitrogen and oxygen atoms in total. The van der Waals surface area contributed by atoms with Gasteiger partial charge >= 0.3 is 0 Å². The van der Waals surface area contributed by atoms with Crippen molar-refractivity contribution in [1.82, 2.24) is 5.32 Å². The van der Waals surface area contributed by atoms with E-state index in [9.17, 15) is 0 Å². The van der Waals surface area contributed by atoms with Gasteiger partial charge in [0.1, 0.15) is 23.0 Å². The Kier molecular flexibility index (Phi) is 8.92. The molecule has 0 amide bonds. The van der Waals surface area contributed by atoms with Crippen LogP contribution >= 0.6 is 23.0 Å². The lowest BCUT2D eigenvalue weighted by molar-refractivity contribution is 0.204. The summed E-state index contributed by atoms with van der Waals surface area (Å²) in [5, 5.41) is 3.33. The van der Waals surface area contributed by atoms with Gasteiger partial charge in [0.15, 0.2) is 0 Å². The van der Waals surface area contributed by atoms with Gasteiger partial charge in [-0.15, -0.1) is 0 Å². The highest BCUT2D eigenvalue weighted by molar-refractivity contribution is 14.1. The summed E-state index contributed by atoms with van der Waals surface area (Å²) in [6.45, 7) is 6.44. The predicted molar refractivity (Wildman–Crippen MR) is 70.7 cm³/mol. The molecule has 0 radical (unpaired) electrons. The average molecular weight is 311 g/mol. The zero-order valence-electron chi connectivity index (χ0n) is 9.64. The Bertz CT molecular complexity index is 171. The summed E-state index contributed by atoms with van der Waals surface area (Å²) in [6, 6.07) is 0.433. The average Bonchev–Trinajstić information content (AvgIpc) is 2.22. The van der Waals surface area contributed by atoms with Crippen LogP contribution in [0.25, 0.3) is 0 Å². The number of likely N-dealkylation sites (N-methyl/N-ethyl adjacent to an activating group) is 1. The SMILES string of the molecule is C/C=C(/C)C[C@H](NC)C(CCC)OI. The molecular weight excluding hydrogens is 289 g/mol. The molecule has 14 heavy (non-hydrogen) atoms. The van der Waals surface area contributed by atoms with E-state index in [1.54, 1.807) is 0 Å². The standard InChI is InChI=1S/C11H22INO/c1-5-7-11(14-12)10(13-4)8-9(3)6-2/h6,10-11,13H,5,7-8H2,1-4H3/b9-6-/t10-,11?/m0/s1. The van der Waals surface area contributed by atoms with Crippen molar-refractivity contribution in [3.05, 3.63) is 11.6 Å². The van der Waals surface area contributed by atoms with Gasteiger partial charge in [0.25, 0.3) is 0 Å². The molecule has 0 saturated carbocycles. The third-order valence-electron chi connectivity index (χ3n) is 2.54. The van der Waals surface area contributed by atoms with Crippen molar-refractivity contribution in [3.8, 4) is 0 Å². The Balaban J connectivity index is 4.20. The minimum absolute atomic E-state index is 0.320. The van der Waals surface area contributed by atoms with Crippen LogP contribution in [0.2, 0.25) is 0 Å². The second kappa shape index (κ2) is 8.68. The zero-order chi connectivity index (χ0) is 11.0. The van der Waals surface area contributed by atoms with Gasteiger partial charge in [0.2, 0.25) is 0 Å². The fraction of sp³-hybridized carbons (Fsp3) is 0.818. The topological polar surface area (TPSA) is 21.3 Å². The molecule has 1 N–H and O–H groups in total. The molecular formula is C11H22INO. The first kappa shape index (κ1) is 14.4. The van der Waals surface area contributed by atoms with Crippen molar-refractivity contribution >= 4 is 23.0 Å². The predicted octanol–water partition coefficient (Wildman–Crippen LogP) is 3.47. The van der Waals surface area contributed by atoms with Crippen LogP contribution in [0.15, 0.2) is 11.6 Å². The molecule has 0 spiro atoms. The van der Waals surface area contributed by atoms with Crippen LogP contribution in [0.1, 0.15) is 40.0 Å². The number of nitrogens with one attached hydrogen (secondary N) is 1. The van der Waals surface area contributed by atoms with Crippen LogP contribution in [-0.2, 0) is 3.07 Å². The molecule has 0 heterocycles. The molecule has 0 fully saturated rings. The molecule has 2 atom stereocenters. The van der Waals surface area contributed by atoms with E-state index in [1.165, 1.54) is 12.0 Å². The van der Waals surface area contributed by atoms with Crippen molar-refractivity contribution in [2.24, 2.45) is 0 Å². The maximum Gasteiger partial charge on any atom is 0.110 e. The van der Waals surface area contributed by atoms with Crippen molar-refractivity contribution in [2.75, 3.05) is 7.05 Å². The second-order valence-electron chi connectivity index (χ2n) is 3.65. The van der Waals surface area contributed by atoms with Gasteiger partial charge < -0.3 is 8.38 Å². The third kappa shape index (κ3) is 5.32. The van der Waals surface area contributed by atoms with Gasteiger partial charge in [-0.2, -0.15) is 0 Å². The molecule has 0 rings (SSSR count). The Morgan fingerprint density at radius 3 is 2.57 bits per heavy atom. The van der Waals surface area contributed by atoms with Crippen molar-refractivity contribution < 1.29 is 3.07 Å². The van der Waals surface area contributed by atoms with Crippen LogP contribution < -0.4 is 5.32 Å². The highest BCUT2D eigenvalue weighted by Gasteiger charge is 2.19. The van der Waals surface area contributed by atoms with Gasteiger partial charge in [-0.25, -0.2) is 0 Å². The maximum absolute atomic E-state index is 5.47. The summed E-state index contributed by atoms with van der Waals surface area (Å²) in [6.07, 6.45) is 5.84. The van der Waals surface area contributed by atoms with Gasteiger partial charge in [0, 0.05) is 6.04 Å². The summed E-state index contributed by atoms with van der Waals surface area (Å²) < 4.78 is 5.47. The highest BCUT2D eigenvalue weighted by atomic mass is 127. The molecule has 0 aromatic heterocycles. The first-order valence-corrected chi connectivity index (χ1v) is 6.14. The lowest BCUT2D eigenvalue weighted by Crippen LogP contribution is -2.38. The number of rotatable bonds is 7. The highest BCUT2D eigenvalue weighted by Crippen LogP contribution is 2.16. The molecule has 0 bridgehead atoms. The van der Waals surface area contributed by atoms with Crippen LogP contribution in [0.3, 0.4) is 0 Å². The van der Waals surface area contributed by atoms with Gasteiger partial charge in [0.05, 0.1) is 6.10 Å². The molecule has 0 aromatic rings. The van der Waals surface area contributed by atoms with E-state index < -0.39 is 0 Å². The smallest absolute Gasteiger partial charge is 0.110 e. The molecule has 84 valence electrons. The fourth-order valence-corrected chi connectivity index (χ4v) is 2.09. The van der Waals surface area contributed by atoms with E-state index in [0.29, 0.717) is 12.1 Å². The fourth-order valence-electron chi connectivity index (χ4n) is 1.48. The molecule has 0 aliphatic rings. The van der Waals surface area contributed by atoms with Crippen molar-refractivity contribution in [1.29, 1.82) is 0 Å². The van der Waals surface area contributed by atoms with E-state index in [1.807, 2.05) is 30.1 Å². The Morgan fingerprint density at radius 1 is 1.57 bits per heavy atom. The normalized spacial score (nSPS) is 16.8. The monoisotopic (exact) mass is 311 g/mol. The quantitative estimate of drug-likeness (QED) is 0.574. The molecule has 0 aliphatic carbocycles. The summed E-state index contributed by atoms with van der Waals surface area (Å²) in [4.78, 5) is 0. The summed E-state index contributed by atoms with van der Waals surface area (Å²) in [5.74, 6) is 0. The van der Waals surface area contributed by atoms with E-state index >= 15 is 0 Å². The summed E-state index contributed by atoms with van der Waals surface area (Å²) in [5.41, 5.74) is 1.42. The summed E-state index contributed by atoms with van der Waals surface area (Å²) in [7, 11) is 2.01. The van der Waals surface area contributed by atoms with E-state index in [0.717, 1.165) is 12.8 Å². The maximum atomic E-state index is 5.47. The van der Waals surface area contributed by atoms with Crippen molar-refractivity contribution in [2.45, 2.75) is 52.2 Å². The number of hydrogen-bond donors (Lipinski definition) is 1. The van der Waals surface area contributed by atoms with Crippen LogP contribution in [-0.4, -0.2) is 19.2 Å². The zero-order valence-corrected chi connectivity index (χ0v) is 11.8. The molecule has 0 saturated heterocycles. The first-order chi connectivity index (χ1) is 6.69. The minimum Gasteiger partial charge on any atom is -0.314 e. The number of halogens is 1. The second-order valence-corrected chi connectivity index (χ2v) is 4.16. The summed E-state index contributed by atoms with van der Waals surface area (Å²) >= 11 is 2.01. The lowest BCUT2D eigenvalue weighted by Gasteiger charge is -2.24. The molecule has 3 heteroatoms. The van der Waals surface area contributed by atoms with Crippen LogP contribution in [0, 0.1) is 0 Å². The number of allylic oxidation sites excluding steroid dienone is 1. The van der Waals surface area contributed by atoms with Gasteiger partial charge in [-0.1, -0.05) is 25.0 Å². The van der Waals surface area contributed by atoms with E-state index in [2.05, 4.69) is 32.2 Å². The molecule has 1 unspecified atom stereocenters. The Labute approximate surface area is 102 Å². The molecule has 0 aromatic carbocycles. The Hall–Kier alpha value is 0.390. The first-order valence-electron chi connectivity index (χ1n) is 5.26. The third-order valence-corrected chi connectivity index (χ3v) is 3.20. The Morgan fingerprint density at radius 2 is 2.21 bits per heavy atom. The molecule has 0 aliphatic heterocycles.